The molecule has 0 saturated carbocycles. The Morgan fingerprint density at radius 3 is 2.38 bits per heavy atom. The van der Waals surface area contributed by atoms with Crippen LogP contribution in [0.1, 0.15) is 11.1 Å². The zero-order chi connectivity index (χ0) is 14.8. The van der Waals surface area contributed by atoms with Crippen molar-refractivity contribution in [2.45, 2.75) is 13.5 Å². The molecule has 2 aromatic carbocycles. The van der Waals surface area contributed by atoms with Gasteiger partial charge in [-0.25, -0.2) is 9.07 Å². The summed E-state index contributed by atoms with van der Waals surface area (Å²) in [7, 11) is 0. The quantitative estimate of drug-likeness (QED) is 0.786. The van der Waals surface area contributed by atoms with Crippen molar-refractivity contribution in [3.05, 3.63) is 81.9 Å². The highest BCUT2D eigenvalue weighted by Crippen LogP contribution is 2.18. The lowest BCUT2D eigenvalue weighted by Gasteiger charge is -2.03. The molecule has 21 heavy (non-hydrogen) atoms. The van der Waals surface area contributed by atoms with Crippen LogP contribution in [-0.2, 0) is 6.54 Å². The molecule has 0 atom stereocenters. The Balaban J connectivity index is 1.98. The zero-order valence-corrected chi connectivity index (χ0v) is 11.6. The van der Waals surface area contributed by atoms with Crippen molar-refractivity contribution < 1.29 is 4.39 Å². The molecule has 3 rings (SSSR count). The third kappa shape index (κ3) is 2.65. The van der Waals surface area contributed by atoms with Gasteiger partial charge in [-0.1, -0.05) is 42.5 Å². The Morgan fingerprint density at radius 2 is 1.71 bits per heavy atom. The van der Waals surface area contributed by atoms with Gasteiger partial charge < -0.3 is 0 Å². The second-order valence-electron chi connectivity index (χ2n) is 5.00. The molecular formula is C17H15FN2O. The molecule has 1 N–H and O–H groups in total. The van der Waals surface area contributed by atoms with E-state index in [0.717, 1.165) is 16.8 Å². The molecule has 106 valence electrons. The Labute approximate surface area is 121 Å². The smallest absolute Gasteiger partial charge is 0.270 e. The molecule has 0 aliphatic heterocycles. The molecule has 3 aromatic rings. The van der Waals surface area contributed by atoms with Gasteiger partial charge in [-0.2, -0.15) is 0 Å². The van der Waals surface area contributed by atoms with Crippen LogP contribution in [0.5, 0.6) is 0 Å². The summed E-state index contributed by atoms with van der Waals surface area (Å²) in [5.41, 5.74) is 3.30. The van der Waals surface area contributed by atoms with Crippen LogP contribution < -0.4 is 5.56 Å². The summed E-state index contributed by atoms with van der Waals surface area (Å²) in [5.74, 6) is -0.279. The van der Waals surface area contributed by atoms with Crippen LogP contribution in [0.25, 0.3) is 11.3 Å². The van der Waals surface area contributed by atoms with Crippen molar-refractivity contribution in [3.63, 3.8) is 0 Å². The van der Waals surface area contributed by atoms with Gasteiger partial charge in [-0.15, -0.1) is 0 Å². The van der Waals surface area contributed by atoms with Crippen LogP contribution in [0.4, 0.5) is 4.39 Å². The van der Waals surface area contributed by atoms with E-state index in [9.17, 15) is 9.18 Å². The van der Waals surface area contributed by atoms with Gasteiger partial charge in [0.25, 0.3) is 5.56 Å². The first-order valence-electron chi connectivity index (χ1n) is 6.74. The minimum absolute atomic E-state index is 0.0572. The molecule has 0 aliphatic carbocycles. The first-order valence-corrected chi connectivity index (χ1v) is 6.74. The fourth-order valence-corrected chi connectivity index (χ4v) is 2.35. The molecule has 1 heterocycles. The van der Waals surface area contributed by atoms with E-state index in [2.05, 4.69) is 5.10 Å². The van der Waals surface area contributed by atoms with Crippen molar-refractivity contribution in [2.24, 2.45) is 0 Å². The van der Waals surface area contributed by atoms with Crippen molar-refractivity contribution in [1.29, 1.82) is 0 Å². The largest absolute Gasteiger partial charge is 0.294 e. The number of rotatable bonds is 3. The number of H-pyrrole nitrogens is 1. The number of hydrogen-bond acceptors (Lipinski definition) is 1. The van der Waals surface area contributed by atoms with Gasteiger partial charge in [0.05, 0.1) is 12.2 Å². The molecule has 0 radical (unpaired) electrons. The number of nitrogens with one attached hydrogen (secondary N) is 1. The molecule has 0 aliphatic rings. The summed E-state index contributed by atoms with van der Waals surface area (Å²) in [6.07, 6.45) is 0. The van der Waals surface area contributed by atoms with Gasteiger partial charge in [0, 0.05) is 5.56 Å². The average molecular weight is 282 g/mol. The van der Waals surface area contributed by atoms with E-state index >= 15 is 0 Å². The van der Waals surface area contributed by atoms with E-state index in [1.54, 1.807) is 16.8 Å². The lowest BCUT2D eigenvalue weighted by atomic mass is 10.1. The van der Waals surface area contributed by atoms with Gasteiger partial charge in [-0.05, 0) is 30.2 Å². The van der Waals surface area contributed by atoms with Crippen LogP contribution in [0, 0.1) is 12.7 Å². The summed E-state index contributed by atoms with van der Waals surface area (Å²) < 4.78 is 14.5. The minimum atomic E-state index is -0.279. The van der Waals surface area contributed by atoms with E-state index in [4.69, 9.17) is 0 Å². The van der Waals surface area contributed by atoms with E-state index < -0.39 is 0 Å². The van der Waals surface area contributed by atoms with Crippen molar-refractivity contribution in [1.82, 2.24) is 9.78 Å². The van der Waals surface area contributed by atoms with E-state index in [-0.39, 0.29) is 11.4 Å². The summed E-state index contributed by atoms with van der Waals surface area (Å²) >= 11 is 0. The van der Waals surface area contributed by atoms with Crippen LogP contribution >= 0.6 is 0 Å². The lowest BCUT2D eigenvalue weighted by Crippen LogP contribution is -2.18. The Hall–Kier alpha value is -2.62. The molecule has 0 amide bonds. The highest BCUT2D eigenvalue weighted by atomic mass is 19.1. The Morgan fingerprint density at radius 1 is 1.05 bits per heavy atom. The van der Waals surface area contributed by atoms with E-state index in [0.29, 0.717) is 12.1 Å². The van der Waals surface area contributed by atoms with Crippen molar-refractivity contribution >= 4 is 0 Å². The molecule has 0 fully saturated rings. The van der Waals surface area contributed by atoms with Crippen LogP contribution in [0.3, 0.4) is 0 Å². The molecule has 0 spiro atoms. The third-order valence-electron chi connectivity index (χ3n) is 3.50. The zero-order valence-electron chi connectivity index (χ0n) is 11.6. The monoisotopic (exact) mass is 282 g/mol. The molecule has 1 aromatic heterocycles. The van der Waals surface area contributed by atoms with Crippen molar-refractivity contribution in [2.75, 3.05) is 0 Å². The summed E-state index contributed by atoms with van der Waals surface area (Å²) in [6.45, 7) is 2.20. The van der Waals surface area contributed by atoms with E-state index in [1.807, 2.05) is 37.3 Å². The Kier molecular flexibility index (Phi) is 3.44. The highest BCUT2D eigenvalue weighted by Gasteiger charge is 2.11. The number of benzene rings is 2. The first kappa shape index (κ1) is 13.4. The standard InChI is InChI=1S/C17H15FN2O/c1-12-16(14-5-3-2-4-6-14)19-20(17(12)21)11-13-7-9-15(18)10-8-13/h2-10,19H,11H2,1H3. The third-order valence-corrected chi connectivity index (χ3v) is 3.50. The molecule has 0 saturated heterocycles. The first-order chi connectivity index (χ1) is 10.1. The SMILES string of the molecule is Cc1c(-c2ccccc2)[nH]n(Cc2ccc(F)cc2)c1=O. The number of hydrogen-bond donors (Lipinski definition) is 1. The van der Waals surface area contributed by atoms with Crippen LogP contribution in [-0.4, -0.2) is 9.78 Å². The average Bonchev–Trinajstić information content (AvgIpc) is 2.79. The second kappa shape index (κ2) is 5.40. The number of aromatic nitrogens is 2. The lowest BCUT2D eigenvalue weighted by molar-refractivity contribution is 0.623. The van der Waals surface area contributed by atoms with Gasteiger partial charge in [-0.3, -0.25) is 9.89 Å². The summed E-state index contributed by atoms with van der Waals surface area (Å²) in [5, 5.41) is 3.14. The maximum absolute atomic E-state index is 12.9. The Bertz CT molecular complexity index is 801. The van der Waals surface area contributed by atoms with Gasteiger partial charge in [0.2, 0.25) is 0 Å². The van der Waals surface area contributed by atoms with Gasteiger partial charge in [0.15, 0.2) is 0 Å². The summed E-state index contributed by atoms with van der Waals surface area (Å²) in [6, 6.07) is 15.9. The van der Waals surface area contributed by atoms with Crippen molar-refractivity contribution in [3.8, 4) is 11.3 Å². The summed E-state index contributed by atoms with van der Waals surface area (Å²) in [4.78, 5) is 12.3. The minimum Gasteiger partial charge on any atom is -0.294 e. The number of halogens is 1. The van der Waals surface area contributed by atoms with Gasteiger partial charge >= 0.3 is 0 Å². The molecule has 0 bridgehead atoms. The number of aromatic amines is 1. The number of nitrogens with zero attached hydrogens (tertiary/aromatic N) is 1. The topological polar surface area (TPSA) is 37.8 Å². The molecular weight excluding hydrogens is 267 g/mol. The normalized spacial score (nSPS) is 10.8. The fourth-order valence-electron chi connectivity index (χ4n) is 2.35. The predicted molar refractivity (Wildman–Crippen MR) is 80.7 cm³/mol. The second-order valence-corrected chi connectivity index (χ2v) is 5.00. The predicted octanol–water partition coefficient (Wildman–Crippen LogP) is 3.34. The fraction of sp³-hybridized carbons (Fsp3) is 0.118. The molecule has 0 unspecified atom stereocenters. The van der Waals surface area contributed by atoms with Crippen LogP contribution in [0.2, 0.25) is 0 Å². The van der Waals surface area contributed by atoms with Gasteiger partial charge in [0.1, 0.15) is 5.82 Å². The maximum Gasteiger partial charge on any atom is 0.270 e. The molecule has 4 heteroatoms. The molecule has 3 nitrogen and oxygen atoms in total. The highest BCUT2D eigenvalue weighted by molar-refractivity contribution is 5.62. The van der Waals surface area contributed by atoms with Crippen LogP contribution in [0.15, 0.2) is 59.4 Å². The maximum atomic E-state index is 12.9. The van der Waals surface area contributed by atoms with E-state index in [1.165, 1.54) is 12.1 Å².